The van der Waals surface area contributed by atoms with E-state index in [9.17, 15) is 35.1 Å². The summed E-state index contributed by atoms with van der Waals surface area (Å²) < 4.78 is 16.6. The zero-order valence-electron chi connectivity index (χ0n) is 46.6. The van der Waals surface area contributed by atoms with Crippen LogP contribution in [0.15, 0.2) is 60.8 Å². The number of carbonyl (C=O) groups excluding carboxylic acids is 2. The Bertz CT molecular complexity index is 1400. The van der Waals surface area contributed by atoms with E-state index in [1.807, 2.05) is 6.08 Å². The van der Waals surface area contributed by atoms with Crippen LogP contribution >= 0.6 is 0 Å². The third-order valence-corrected chi connectivity index (χ3v) is 13.8. The van der Waals surface area contributed by atoms with Crippen LogP contribution in [-0.2, 0) is 23.8 Å². The molecule has 1 heterocycles. The monoisotopic (exact) mass is 1030 g/mol. The number of esters is 1. The van der Waals surface area contributed by atoms with E-state index >= 15 is 0 Å². The summed E-state index contributed by atoms with van der Waals surface area (Å²) in [5.74, 6) is -0.216. The maximum atomic E-state index is 13.0. The number of hydrogen-bond acceptors (Lipinski definition) is 10. The fourth-order valence-corrected chi connectivity index (χ4v) is 9.04. The van der Waals surface area contributed by atoms with Gasteiger partial charge in [0, 0.05) is 12.8 Å². The lowest BCUT2D eigenvalue weighted by Crippen LogP contribution is -2.60. The predicted octanol–water partition coefficient (Wildman–Crippen LogP) is 13.8. The minimum atomic E-state index is -1.58. The number of rotatable bonds is 51. The van der Waals surface area contributed by atoms with E-state index < -0.39 is 49.5 Å². The van der Waals surface area contributed by atoms with Gasteiger partial charge in [-0.15, -0.1) is 0 Å². The van der Waals surface area contributed by atoms with Crippen molar-refractivity contribution in [3.63, 3.8) is 0 Å². The molecular weight excluding hydrogens is 919 g/mol. The van der Waals surface area contributed by atoms with Crippen LogP contribution < -0.4 is 5.32 Å². The van der Waals surface area contributed by atoms with Gasteiger partial charge in [0.1, 0.15) is 24.4 Å². The number of unbranched alkanes of at least 4 members (excludes halogenated alkanes) is 29. The Labute approximate surface area is 446 Å². The van der Waals surface area contributed by atoms with E-state index in [-0.39, 0.29) is 18.5 Å². The zero-order chi connectivity index (χ0) is 53.1. The van der Waals surface area contributed by atoms with Crippen molar-refractivity contribution in [1.82, 2.24) is 5.32 Å². The molecule has 0 aliphatic carbocycles. The van der Waals surface area contributed by atoms with Crippen molar-refractivity contribution in [2.45, 2.75) is 301 Å². The molecule has 0 aromatic rings. The number of aliphatic hydroxyl groups is 5. The first-order chi connectivity index (χ1) is 35.7. The molecule has 1 saturated heterocycles. The maximum absolute atomic E-state index is 13.0. The molecule has 1 aliphatic rings. The summed E-state index contributed by atoms with van der Waals surface area (Å²) in [6.45, 7) is 4.15. The Morgan fingerprint density at radius 3 is 1.42 bits per heavy atom. The normalized spacial score (nSPS) is 19.4. The molecule has 0 aromatic heterocycles. The molecule has 0 radical (unpaired) electrons. The number of nitrogens with one attached hydrogen (secondary N) is 1. The highest BCUT2D eigenvalue weighted by molar-refractivity contribution is 5.76. The van der Waals surface area contributed by atoms with Gasteiger partial charge in [-0.05, 0) is 96.3 Å². The first-order valence-corrected chi connectivity index (χ1v) is 30.1. The van der Waals surface area contributed by atoms with Crippen molar-refractivity contribution in [3.8, 4) is 0 Å². The van der Waals surface area contributed by atoms with Crippen molar-refractivity contribution in [2.75, 3.05) is 19.8 Å². The molecule has 7 unspecified atom stereocenters. The van der Waals surface area contributed by atoms with Gasteiger partial charge < -0.3 is 45.1 Å². The number of allylic oxidation sites excluding steroid dienone is 9. The van der Waals surface area contributed by atoms with Gasteiger partial charge in [-0.1, -0.05) is 209 Å². The summed E-state index contributed by atoms with van der Waals surface area (Å²) in [5.41, 5.74) is 0. The van der Waals surface area contributed by atoms with Gasteiger partial charge in [0.15, 0.2) is 6.29 Å². The molecule has 1 rings (SSSR count). The van der Waals surface area contributed by atoms with Gasteiger partial charge in [0.05, 0.1) is 32.0 Å². The summed E-state index contributed by atoms with van der Waals surface area (Å²) in [4.78, 5) is 25.0. The molecule has 1 aliphatic heterocycles. The lowest BCUT2D eigenvalue weighted by Gasteiger charge is -2.40. The van der Waals surface area contributed by atoms with Gasteiger partial charge in [-0.3, -0.25) is 9.59 Å². The number of ether oxygens (including phenoxy) is 3. The average molecular weight is 1030 g/mol. The lowest BCUT2D eigenvalue weighted by molar-refractivity contribution is -0.302. The fourth-order valence-electron chi connectivity index (χ4n) is 9.04. The summed E-state index contributed by atoms with van der Waals surface area (Å²) in [6, 6.07) is -0.838. The van der Waals surface area contributed by atoms with Crippen molar-refractivity contribution < 1.29 is 49.3 Å². The fraction of sp³-hybridized carbons (Fsp3) is 0.806. The van der Waals surface area contributed by atoms with Crippen LogP contribution in [0.5, 0.6) is 0 Å². The summed E-state index contributed by atoms with van der Waals surface area (Å²) in [5, 5.41) is 54.2. The molecule has 0 aromatic carbocycles. The van der Waals surface area contributed by atoms with Crippen molar-refractivity contribution in [2.24, 2.45) is 0 Å². The molecule has 0 spiro atoms. The third-order valence-electron chi connectivity index (χ3n) is 13.8. The smallest absolute Gasteiger partial charge is 0.305 e. The third kappa shape index (κ3) is 41.2. The number of amides is 1. The van der Waals surface area contributed by atoms with E-state index in [0.29, 0.717) is 19.4 Å². The topological polar surface area (TPSA) is 175 Å². The van der Waals surface area contributed by atoms with Crippen LogP contribution in [0.25, 0.3) is 0 Å². The molecule has 11 heteroatoms. The number of carbonyl (C=O) groups is 2. The molecule has 0 saturated carbocycles. The Balaban J connectivity index is 2.03. The van der Waals surface area contributed by atoms with Crippen LogP contribution in [0.3, 0.4) is 0 Å². The molecule has 1 fully saturated rings. The quantitative estimate of drug-likeness (QED) is 0.0195. The van der Waals surface area contributed by atoms with E-state index in [1.165, 1.54) is 148 Å². The zero-order valence-corrected chi connectivity index (χ0v) is 46.6. The van der Waals surface area contributed by atoms with Crippen molar-refractivity contribution >= 4 is 11.9 Å². The molecule has 73 heavy (non-hydrogen) atoms. The number of hydrogen-bond donors (Lipinski definition) is 6. The Morgan fingerprint density at radius 2 is 0.932 bits per heavy atom. The molecule has 7 atom stereocenters. The molecule has 424 valence electrons. The van der Waals surface area contributed by atoms with Gasteiger partial charge >= 0.3 is 5.97 Å². The van der Waals surface area contributed by atoms with E-state index in [1.54, 1.807) is 6.08 Å². The van der Waals surface area contributed by atoms with Crippen LogP contribution in [0.2, 0.25) is 0 Å². The number of aliphatic hydroxyl groups excluding tert-OH is 5. The highest BCUT2D eigenvalue weighted by Gasteiger charge is 2.44. The van der Waals surface area contributed by atoms with E-state index in [0.717, 1.165) is 83.5 Å². The second-order valence-corrected chi connectivity index (χ2v) is 20.6. The molecule has 0 bridgehead atoms. The second kappa shape index (κ2) is 51.5. The minimum absolute atomic E-state index is 0.0113. The Kier molecular flexibility index (Phi) is 48.2. The van der Waals surface area contributed by atoms with Gasteiger partial charge in [0.25, 0.3) is 0 Å². The van der Waals surface area contributed by atoms with Crippen LogP contribution in [0, 0.1) is 0 Å². The van der Waals surface area contributed by atoms with E-state index in [4.69, 9.17) is 14.2 Å². The van der Waals surface area contributed by atoms with Crippen molar-refractivity contribution in [3.05, 3.63) is 60.8 Å². The lowest BCUT2D eigenvalue weighted by atomic mass is 9.99. The predicted molar refractivity (Wildman–Crippen MR) is 301 cm³/mol. The highest BCUT2D eigenvalue weighted by Crippen LogP contribution is 2.23. The van der Waals surface area contributed by atoms with Gasteiger partial charge in [-0.25, -0.2) is 0 Å². The van der Waals surface area contributed by atoms with Crippen LogP contribution in [-0.4, -0.2) is 100 Å². The Morgan fingerprint density at radius 1 is 0.507 bits per heavy atom. The molecule has 11 nitrogen and oxygen atoms in total. The summed E-state index contributed by atoms with van der Waals surface area (Å²) in [7, 11) is 0. The first kappa shape index (κ1) is 68.4. The molecule has 6 N–H and O–H groups in total. The summed E-state index contributed by atoms with van der Waals surface area (Å²) >= 11 is 0. The summed E-state index contributed by atoms with van der Waals surface area (Å²) in [6.07, 6.45) is 56.3. The average Bonchev–Trinajstić information content (AvgIpc) is 3.39. The highest BCUT2D eigenvalue weighted by atomic mass is 16.7. The Hall–Kier alpha value is -2.64. The van der Waals surface area contributed by atoms with Gasteiger partial charge in [0.2, 0.25) is 5.91 Å². The first-order valence-electron chi connectivity index (χ1n) is 30.1. The van der Waals surface area contributed by atoms with Crippen molar-refractivity contribution in [1.29, 1.82) is 0 Å². The molecular formula is C62H111NO10. The van der Waals surface area contributed by atoms with Crippen LogP contribution in [0.4, 0.5) is 0 Å². The second-order valence-electron chi connectivity index (χ2n) is 20.6. The SMILES string of the molecule is CC/C=C/CC/C=C/CC/C=C/C(O)C(COC1OC(CO)C(O)C(O)C1O)NC(=O)CCCCCCCCCC/C=C\CCCCCCCCCCCCCCOC(=O)CCCCCCC/C=C\CCCC. The maximum Gasteiger partial charge on any atom is 0.305 e. The van der Waals surface area contributed by atoms with Crippen LogP contribution in [0.1, 0.15) is 258 Å². The van der Waals surface area contributed by atoms with E-state index in [2.05, 4.69) is 67.8 Å². The largest absolute Gasteiger partial charge is 0.466 e. The van der Waals surface area contributed by atoms with Gasteiger partial charge in [-0.2, -0.15) is 0 Å². The molecule has 1 amide bonds. The standard InChI is InChI=1S/C62H111NO10/c1-3-5-7-9-11-13-29-34-38-42-46-50-58(67)71-51-47-43-39-35-31-28-26-24-22-20-18-16-15-17-19-21-23-25-27-30-33-37-41-45-49-57(66)63-54(53-72-62-61(70)60(69)59(68)56(52-64)73-62)55(65)48-44-40-36-32-14-12-10-8-6-4-2/h6,8-9,11,14,17,19,32,44,48,54-56,59-62,64-65,68-70H,3-5,7,10,12-13,15-16,18,20-31,33-43,45-47,49-53H2,1-2H3,(H,63,66)/b8-6+,11-9-,19-17-,32-14+,48-44+. The minimum Gasteiger partial charge on any atom is -0.466 e.